The molecule has 6 heteroatoms. The lowest BCUT2D eigenvalue weighted by Gasteiger charge is -2.18. The number of rotatable bonds is 7. The van der Waals surface area contributed by atoms with Crippen molar-refractivity contribution in [1.29, 1.82) is 0 Å². The Morgan fingerprint density at radius 2 is 1.58 bits per heavy atom. The molecule has 2 rings (SSSR count). The van der Waals surface area contributed by atoms with Crippen LogP contribution in [0.25, 0.3) is 0 Å². The molecule has 0 atom stereocenters. The van der Waals surface area contributed by atoms with Crippen molar-refractivity contribution in [1.82, 2.24) is 5.06 Å². The number of hydrogen-bond donors (Lipinski definition) is 0. The standard InChI is InChI=1S/C18H21NO5/c1-19(23-4)18(20)14-10-15(21-2)17(16(11-14)22-3)24-12-13-8-6-5-7-9-13/h5-11H,12H2,1-4H3. The smallest absolute Gasteiger partial charge is 0.277 e. The van der Waals surface area contributed by atoms with Gasteiger partial charge in [0.15, 0.2) is 11.5 Å². The summed E-state index contributed by atoms with van der Waals surface area (Å²) in [6.45, 7) is 0.360. The van der Waals surface area contributed by atoms with Gasteiger partial charge in [0, 0.05) is 12.6 Å². The Hall–Kier alpha value is -2.73. The van der Waals surface area contributed by atoms with E-state index in [-0.39, 0.29) is 5.91 Å². The fourth-order valence-corrected chi connectivity index (χ4v) is 2.14. The molecule has 0 saturated carbocycles. The lowest BCUT2D eigenvalue weighted by Crippen LogP contribution is -2.25. The number of hydrogen-bond acceptors (Lipinski definition) is 5. The molecule has 6 nitrogen and oxygen atoms in total. The monoisotopic (exact) mass is 331 g/mol. The van der Waals surface area contributed by atoms with Crippen molar-refractivity contribution in [2.24, 2.45) is 0 Å². The van der Waals surface area contributed by atoms with E-state index < -0.39 is 0 Å². The van der Waals surface area contributed by atoms with Crippen LogP contribution in [0.1, 0.15) is 15.9 Å². The third-order valence-corrected chi connectivity index (χ3v) is 3.49. The van der Waals surface area contributed by atoms with E-state index in [0.29, 0.717) is 29.4 Å². The van der Waals surface area contributed by atoms with E-state index in [4.69, 9.17) is 19.0 Å². The first-order valence-corrected chi connectivity index (χ1v) is 7.35. The average molecular weight is 331 g/mol. The first-order chi connectivity index (χ1) is 11.6. The van der Waals surface area contributed by atoms with Crippen LogP contribution in [0.5, 0.6) is 17.2 Å². The number of carbonyl (C=O) groups is 1. The molecule has 2 aromatic carbocycles. The minimum Gasteiger partial charge on any atom is -0.493 e. The maximum atomic E-state index is 12.3. The molecular formula is C18H21NO5. The Balaban J connectivity index is 2.31. The number of carbonyl (C=O) groups excluding carboxylic acids is 1. The average Bonchev–Trinajstić information content (AvgIpc) is 2.65. The van der Waals surface area contributed by atoms with E-state index in [9.17, 15) is 4.79 Å². The normalized spacial score (nSPS) is 10.2. The minimum absolute atomic E-state index is 0.316. The molecule has 0 aliphatic heterocycles. The molecule has 128 valence electrons. The van der Waals surface area contributed by atoms with Crippen molar-refractivity contribution in [3.8, 4) is 17.2 Å². The van der Waals surface area contributed by atoms with Crippen molar-refractivity contribution >= 4 is 5.91 Å². The van der Waals surface area contributed by atoms with Crippen LogP contribution in [0, 0.1) is 0 Å². The van der Waals surface area contributed by atoms with Crippen LogP contribution >= 0.6 is 0 Å². The lowest BCUT2D eigenvalue weighted by molar-refractivity contribution is -0.0757. The quantitative estimate of drug-likeness (QED) is 0.730. The highest BCUT2D eigenvalue weighted by Crippen LogP contribution is 2.39. The van der Waals surface area contributed by atoms with Crippen molar-refractivity contribution < 1.29 is 23.8 Å². The molecule has 0 aliphatic rings. The Bertz CT molecular complexity index is 662. The Labute approximate surface area is 141 Å². The van der Waals surface area contributed by atoms with E-state index in [2.05, 4.69) is 0 Å². The molecule has 0 aromatic heterocycles. The Kier molecular flexibility index (Phi) is 6.03. The fraction of sp³-hybridized carbons (Fsp3) is 0.278. The topological polar surface area (TPSA) is 57.2 Å². The van der Waals surface area contributed by atoms with E-state index in [1.165, 1.54) is 28.4 Å². The summed E-state index contributed by atoms with van der Waals surface area (Å²) in [5.41, 5.74) is 1.39. The predicted octanol–water partition coefficient (Wildman–Crippen LogP) is 2.92. The zero-order valence-electron chi connectivity index (χ0n) is 14.2. The lowest BCUT2D eigenvalue weighted by atomic mass is 10.1. The molecule has 0 radical (unpaired) electrons. The first kappa shape index (κ1) is 17.6. The molecule has 2 aromatic rings. The first-order valence-electron chi connectivity index (χ1n) is 7.35. The van der Waals surface area contributed by atoms with Crippen LogP contribution in [-0.4, -0.2) is 39.3 Å². The summed E-state index contributed by atoms with van der Waals surface area (Å²) in [5.74, 6) is 0.959. The summed E-state index contributed by atoms with van der Waals surface area (Å²) < 4.78 is 16.6. The summed E-state index contributed by atoms with van der Waals surface area (Å²) >= 11 is 0. The molecule has 0 spiro atoms. The zero-order chi connectivity index (χ0) is 17.5. The molecule has 0 heterocycles. The van der Waals surface area contributed by atoms with Gasteiger partial charge in [-0.2, -0.15) is 0 Å². The molecule has 1 amide bonds. The molecule has 0 unspecified atom stereocenters. The summed E-state index contributed by atoms with van der Waals surface area (Å²) in [4.78, 5) is 17.2. The SMILES string of the molecule is COc1cc(C(=O)N(C)OC)cc(OC)c1OCc1ccccc1. The predicted molar refractivity (Wildman–Crippen MR) is 89.4 cm³/mol. The number of ether oxygens (including phenoxy) is 3. The third kappa shape index (κ3) is 3.97. The van der Waals surface area contributed by atoms with Gasteiger partial charge in [-0.05, 0) is 17.7 Å². The van der Waals surface area contributed by atoms with Gasteiger partial charge in [-0.25, -0.2) is 5.06 Å². The second-order valence-electron chi connectivity index (χ2n) is 4.97. The van der Waals surface area contributed by atoms with Crippen molar-refractivity contribution in [3.63, 3.8) is 0 Å². The van der Waals surface area contributed by atoms with Crippen LogP contribution in [-0.2, 0) is 11.4 Å². The fourth-order valence-electron chi connectivity index (χ4n) is 2.14. The summed E-state index contributed by atoms with van der Waals surface area (Å²) in [6, 6.07) is 12.9. The van der Waals surface area contributed by atoms with Gasteiger partial charge in [0.25, 0.3) is 5.91 Å². The Morgan fingerprint density at radius 1 is 1.00 bits per heavy atom. The van der Waals surface area contributed by atoms with Crippen LogP contribution < -0.4 is 14.2 Å². The maximum Gasteiger partial charge on any atom is 0.277 e. The van der Waals surface area contributed by atoms with Gasteiger partial charge in [-0.3, -0.25) is 9.63 Å². The van der Waals surface area contributed by atoms with Crippen LogP contribution in [0.4, 0.5) is 0 Å². The number of nitrogens with zero attached hydrogens (tertiary/aromatic N) is 1. The van der Waals surface area contributed by atoms with E-state index >= 15 is 0 Å². The maximum absolute atomic E-state index is 12.3. The Morgan fingerprint density at radius 3 is 2.08 bits per heavy atom. The van der Waals surface area contributed by atoms with Gasteiger partial charge in [-0.15, -0.1) is 0 Å². The molecular weight excluding hydrogens is 310 g/mol. The summed E-state index contributed by atoms with van der Waals surface area (Å²) in [7, 11) is 5.97. The molecule has 0 fully saturated rings. The molecule has 0 saturated heterocycles. The van der Waals surface area contributed by atoms with Gasteiger partial charge < -0.3 is 14.2 Å². The molecule has 0 N–H and O–H groups in total. The third-order valence-electron chi connectivity index (χ3n) is 3.49. The van der Waals surface area contributed by atoms with Gasteiger partial charge in [0.05, 0.1) is 21.3 Å². The van der Waals surface area contributed by atoms with Crippen LogP contribution in [0.3, 0.4) is 0 Å². The van der Waals surface area contributed by atoms with Crippen molar-refractivity contribution in [2.75, 3.05) is 28.4 Å². The van der Waals surface area contributed by atoms with Crippen LogP contribution in [0.2, 0.25) is 0 Å². The van der Waals surface area contributed by atoms with E-state index in [1.54, 1.807) is 12.1 Å². The van der Waals surface area contributed by atoms with Crippen LogP contribution in [0.15, 0.2) is 42.5 Å². The molecule has 0 bridgehead atoms. The molecule has 0 aliphatic carbocycles. The number of methoxy groups -OCH3 is 2. The van der Waals surface area contributed by atoms with Gasteiger partial charge in [-0.1, -0.05) is 30.3 Å². The second kappa shape index (κ2) is 8.21. The number of hydroxylamine groups is 2. The second-order valence-corrected chi connectivity index (χ2v) is 4.97. The van der Waals surface area contributed by atoms with Gasteiger partial charge in [0.2, 0.25) is 5.75 Å². The van der Waals surface area contributed by atoms with Crippen molar-refractivity contribution in [3.05, 3.63) is 53.6 Å². The van der Waals surface area contributed by atoms with Gasteiger partial charge in [0.1, 0.15) is 6.61 Å². The van der Waals surface area contributed by atoms with Gasteiger partial charge >= 0.3 is 0 Å². The largest absolute Gasteiger partial charge is 0.493 e. The number of benzene rings is 2. The summed E-state index contributed by atoms with van der Waals surface area (Å²) in [5, 5.41) is 1.12. The highest BCUT2D eigenvalue weighted by Gasteiger charge is 2.20. The number of amides is 1. The highest BCUT2D eigenvalue weighted by atomic mass is 16.7. The summed E-state index contributed by atoms with van der Waals surface area (Å²) in [6.07, 6.45) is 0. The van der Waals surface area contributed by atoms with E-state index in [0.717, 1.165) is 10.6 Å². The zero-order valence-corrected chi connectivity index (χ0v) is 14.2. The molecule has 24 heavy (non-hydrogen) atoms. The van der Waals surface area contributed by atoms with Crippen molar-refractivity contribution in [2.45, 2.75) is 6.61 Å². The van der Waals surface area contributed by atoms with E-state index in [1.807, 2.05) is 30.3 Å². The minimum atomic E-state index is -0.316. The highest BCUT2D eigenvalue weighted by molar-refractivity contribution is 5.94.